The van der Waals surface area contributed by atoms with Gasteiger partial charge in [0.15, 0.2) is 5.78 Å². The molecule has 6 unspecified atom stereocenters. The predicted octanol–water partition coefficient (Wildman–Crippen LogP) is 9.96. The van der Waals surface area contributed by atoms with Crippen molar-refractivity contribution in [1.29, 1.82) is 0 Å². The molecule has 0 spiro atoms. The maximum absolute atomic E-state index is 12.4. The summed E-state index contributed by atoms with van der Waals surface area (Å²) >= 11 is 13.2. The summed E-state index contributed by atoms with van der Waals surface area (Å²) in [5.41, 5.74) is 33.1. The van der Waals surface area contributed by atoms with E-state index in [2.05, 4.69) is 141 Å². The first-order valence-corrected chi connectivity index (χ1v) is 42.9. The molecule has 8 heterocycles. The molecule has 15 rings (SSSR count). The first kappa shape index (κ1) is 121. The first-order valence-electron chi connectivity index (χ1n) is 39.7. The number of carbonyl (C=O) groups excluding carboxylic acids is 10. The van der Waals surface area contributed by atoms with Gasteiger partial charge in [0.1, 0.15) is 47.6 Å². The average Bonchev–Trinajstić information content (AvgIpc) is 1.69. The number of amides is 9. The van der Waals surface area contributed by atoms with Crippen molar-refractivity contribution in [3.63, 3.8) is 0 Å². The van der Waals surface area contributed by atoms with Crippen molar-refractivity contribution >= 4 is 201 Å². The molecule has 9 amide bonds. The molecule has 724 valence electrons. The Morgan fingerprint density at radius 3 is 1.00 bits per heavy atom. The number of hydrogen-bond donors (Lipinski definition) is 15. The molecule has 9 aromatic rings. The van der Waals surface area contributed by atoms with Crippen molar-refractivity contribution in [2.75, 3.05) is 56.2 Å². The van der Waals surface area contributed by atoms with E-state index in [-0.39, 0.29) is 150 Å². The van der Waals surface area contributed by atoms with Gasteiger partial charge in [-0.05, 0) is 244 Å². The van der Waals surface area contributed by atoms with Crippen molar-refractivity contribution in [2.45, 2.75) is 146 Å². The van der Waals surface area contributed by atoms with E-state index in [1.165, 1.54) is 55.9 Å². The predicted molar refractivity (Wildman–Crippen MR) is 505 cm³/mol. The van der Waals surface area contributed by atoms with Gasteiger partial charge in [-0.15, -0.1) is 0 Å². The Balaban J connectivity index is 0.000000413. The molecular formula is C87H98BaBr4F6N23NaO15. The minimum absolute atomic E-state index is 0. The van der Waals surface area contributed by atoms with Crippen molar-refractivity contribution < 1.29 is 129 Å². The minimum Gasteiger partial charge on any atom is -0.870 e. The number of benzene rings is 6. The maximum atomic E-state index is 12.4. The summed E-state index contributed by atoms with van der Waals surface area (Å²) < 4.78 is 87.9. The minimum atomic E-state index is -4.98. The van der Waals surface area contributed by atoms with E-state index in [9.17, 15) is 74.3 Å². The summed E-state index contributed by atoms with van der Waals surface area (Å²) in [4.78, 5) is 142. The van der Waals surface area contributed by atoms with Gasteiger partial charge < -0.3 is 112 Å². The quantitative estimate of drug-likeness (QED) is 0.0221. The number of aliphatic hydroxyl groups is 1. The molecule has 137 heavy (non-hydrogen) atoms. The molecule has 50 heteroatoms. The Morgan fingerprint density at radius 2 is 0.693 bits per heavy atom. The van der Waals surface area contributed by atoms with E-state index in [4.69, 9.17) is 42.8 Å². The number of nitrogens with zero attached hydrogens (tertiary/aromatic N) is 9. The van der Waals surface area contributed by atoms with E-state index in [1.54, 1.807) is 112 Å². The van der Waals surface area contributed by atoms with Crippen LogP contribution in [0.4, 0.5) is 64.8 Å². The SMILES string of the molecule is CC(C)(C)OC(=O)NC1(C)CNC(=O)c2ccc(Br)cc21.CC(C)(C)OC(=O)NC1(C)CNC(=O)c2ccc(Nc3ccncn3)cc21.CC1(N)CNC(=O)c2ccc(Br)cc21.CC1(N)CNC(=O)c2ccc(Nc3ccncn3)cc21.CC1(NC(=O)C(F)(F)F)CC(=O)c2ccc(Br)cc21.CC1(NC(=O)C(F)(F)F)CNC(=O)c2ccc(Br)cc21.CO.Nc1ccncn1.[Ba+2].[N-]=[N+]=[N-].[Na+].[OH-].[OH-]. The van der Waals surface area contributed by atoms with Crippen LogP contribution in [0.15, 0.2) is 183 Å². The Labute approximate surface area is 878 Å². The van der Waals surface area contributed by atoms with E-state index >= 15 is 0 Å². The van der Waals surface area contributed by atoms with Crippen molar-refractivity contribution in [1.82, 2.24) is 77.8 Å². The molecule has 6 aromatic carbocycles. The van der Waals surface area contributed by atoms with Crippen LogP contribution in [0.2, 0.25) is 0 Å². The molecule has 5 aliphatic heterocycles. The maximum Gasteiger partial charge on any atom is 2.00 e. The summed E-state index contributed by atoms with van der Waals surface area (Å²) in [5, 5.41) is 36.6. The molecule has 3 aromatic heterocycles. The molecule has 0 bridgehead atoms. The number of alkyl carbamates (subject to hydrolysis) is 2. The summed E-state index contributed by atoms with van der Waals surface area (Å²) in [5.74, 6) is -3.37. The van der Waals surface area contributed by atoms with Crippen LogP contribution in [0.1, 0.15) is 185 Å². The molecule has 6 atom stereocenters. The zero-order valence-corrected chi connectivity index (χ0v) is 89.1. The normalized spacial score (nSPS) is 19.5. The number of anilines is 5. The molecule has 6 aliphatic rings. The second-order valence-electron chi connectivity index (χ2n) is 33.3. The van der Waals surface area contributed by atoms with Gasteiger partial charge in [-0.3, -0.25) is 43.3 Å². The van der Waals surface area contributed by atoms with Crippen LogP contribution in [-0.2, 0) is 52.3 Å². The van der Waals surface area contributed by atoms with Crippen molar-refractivity contribution in [2.24, 2.45) is 11.5 Å². The van der Waals surface area contributed by atoms with Crippen LogP contribution in [0.25, 0.3) is 16.0 Å². The van der Waals surface area contributed by atoms with Crippen LogP contribution in [0.5, 0.6) is 0 Å². The first-order chi connectivity index (χ1) is 61.9. The van der Waals surface area contributed by atoms with Gasteiger partial charge in [0.2, 0.25) is 0 Å². The average molecular weight is 2300 g/mol. The number of ketones is 1. The number of aromatic nitrogens is 6. The topological polar surface area (TPSA) is 616 Å². The number of nitrogen functional groups attached to an aromatic ring is 1. The van der Waals surface area contributed by atoms with Crippen molar-refractivity contribution in [3.8, 4) is 0 Å². The number of rotatable bonds is 8. The van der Waals surface area contributed by atoms with Crippen LogP contribution in [0, 0.1) is 0 Å². The number of ether oxygens (including phenoxy) is 2. The molecular weight excluding hydrogens is 2200 g/mol. The summed E-state index contributed by atoms with van der Waals surface area (Å²) in [6.45, 7) is 22.6. The fourth-order valence-corrected chi connectivity index (χ4v) is 15.0. The van der Waals surface area contributed by atoms with Gasteiger partial charge in [-0.1, -0.05) is 63.7 Å². The zero-order valence-electron chi connectivity index (χ0n) is 76.3. The van der Waals surface area contributed by atoms with Gasteiger partial charge in [-0.2, -0.15) is 26.3 Å². The van der Waals surface area contributed by atoms with Gasteiger partial charge >= 0.3 is 115 Å². The Bertz CT molecular complexity index is 5850. The fourth-order valence-electron chi connectivity index (χ4n) is 13.5. The number of aliphatic hydroxyl groups excluding tert-OH is 1. The third-order valence-electron chi connectivity index (χ3n) is 19.8. The molecule has 0 fully saturated rings. The third kappa shape index (κ3) is 34.3. The van der Waals surface area contributed by atoms with E-state index in [1.807, 2.05) is 95.5 Å². The summed E-state index contributed by atoms with van der Waals surface area (Å²) in [6.07, 6.45) is -1.95. The molecule has 20 N–H and O–H groups in total. The number of nitrogens with two attached hydrogens (primary N) is 3. The van der Waals surface area contributed by atoms with Crippen LogP contribution in [0.3, 0.4) is 0 Å². The number of hydrogen-bond acceptors (Lipinski definition) is 26. The second kappa shape index (κ2) is 51.0. The Hall–Kier alpha value is -10.4. The molecule has 0 saturated heterocycles. The van der Waals surface area contributed by atoms with Gasteiger partial charge in [-0.25, -0.2) is 39.5 Å². The van der Waals surface area contributed by atoms with Crippen LogP contribution >= 0.6 is 63.7 Å². The van der Waals surface area contributed by atoms with Gasteiger partial charge in [0.05, 0.1) is 33.2 Å². The van der Waals surface area contributed by atoms with Gasteiger partial charge in [0.25, 0.3) is 29.5 Å². The molecule has 0 saturated carbocycles. The largest absolute Gasteiger partial charge is 2.00 e. The number of fused-ring (bicyclic) bond motifs is 6. The van der Waals surface area contributed by atoms with Crippen LogP contribution in [-0.4, -0.2) is 218 Å². The number of carbonyl (C=O) groups is 10. The second-order valence-corrected chi connectivity index (χ2v) is 36.9. The Kier molecular flexibility index (Phi) is 45.0. The third-order valence-corrected chi connectivity index (χ3v) is 21.8. The Morgan fingerprint density at radius 1 is 0.423 bits per heavy atom. The van der Waals surface area contributed by atoms with Crippen molar-refractivity contribution in [3.05, 3.63) is 266 Å². The smallest absolute Gasteiger partial charge is 0.870 e. The van der Waals surface area contributed by atoms with E-state index in [0.29, 0.717) is 90.5 Å². The van der Waals surface area contributed by atoms with E-state index in [0.717, 1.165) is 44.1 Å². The number of alkyl halides is 6. The zero-order chi connectivity index (χ0) is 99.4. The molecule has 1 aliphatic carbocycles. The number of nitrogens with one attached hydrogen (secondary N) is 11. The molecule has 0 radical (unpaired) electrons. The summed E-state index contributed by atoms with van der Waals surface area (Å²) in [7, 11) is 1.00. The standard InChI is InChI=1S/C19H23N5O3.C15H19BrN2O3.C14H15N5O.C12H10BrF3N2O2.C12H9BrF3NO2.C10H11BrN2O.C4H5N3.CH4O.Ba.N3.Na.2H2O/c1-18(2,3)27-17(26)24-19(4)10-21-16(25)13-6-5-12(9-14(13)19)23-15-7-8-20-11-22-15;1-14(2,3)21-13(20)18-15(4)8-17-12(19)10-6-5-9(16)7-11(10)15;1-14(15)7-17-13(20)10-3-2-9(6-11(10)14)19-12-4-5-16-8-18-12;1-11(18-10(20)12(14,15)16)5-17-9(19)7-3-2-6(13)4-8(7)11;1-11(17-10(19)12(14,15)16)5-9(18)7-3-2-6(13)4-8(7)11;1-10(12)5-13-9(14)7-3-2-6(11)4-8(7)10;5-4-1-2-6-3-7-4;1-2;;1-3-2;;;/h5-9,11H,10H2,1-4H3,(H,21,25)(H,24,26)(H,20,22,23);5-7H,8H2,1-4H3,(H,17,19)(H,18,20);2-6,8H,7,15H2,1H3,(H,17,20)(H,16,18,19);2-4H,5H2,1H3,(H,17,19)(H,18,20);2-4H,5H2,1H3,(H,17,19);2-4H,5,12H2,1H3,(H,13,14);1-3H,(H2,5,6,7);2H,1H3;;;;2*1H2/q;;;;;;;;+2;-1;+1;;/p-2. The van der Waals surface area contributed by atoms with Crippen LogP contribution < -0.4 is 105 Å². The monoisotopic (exact) mass is 2300 g/mol. The summed E-state index contributed by atoms with van der Waals surface area (Å²) in [6, 6.07) is 36.3. The van der Waals surface area contributed by atoms with Gasteiger partial charge in [0, 0.05) is 127 Å². The van der Waals surface area contributed by atoms with E-state index < -0.39 is 80.8 Å². The number of halogens is 10. The number of Topliss-reactive ketones (excluding diaryl/α,β-unsaturated/α-hetero) is 1. The fraction of sp³-hybridized carbons (Fsp3) is 0.333. The molecule has 38 nitrogen and oxygen atoms in total.